The van der Waals surface area contributed by atoms with Gasteiger partial charge in [0, 0.05) is 18.3 Å². The van der Waals surface area contributed by atoms with Crippen molar-refractivity contribution in [2.75, 3.05) is 18.0 Å². The quantitative estimate of drug-likeness (QED) is 0.882. The first-order valence-electron chi connectivity index (χ1n) is 7.47. The standard InChI is InChI=1S/C16H24N2/c17-10-3-4-13-7-8-14-9-11-18(16(14)12-13)15-5-1-2-6-15/h7-8,12,15H,1-6,9-11,17H2. The molecule has 1 fully saturated rings. The molecule has 18 heavy (non-hydrogen) atoms. The van der Waals surface area contributed by atoms with E-state index in [1.54, 1.807) is 5.56 Å². The molecule has 1 aromatic carbocycles. The third kappa shape index (κ3) is 2.26. The van der Waals surface area contributed by atoms with Gasteiger partial charge in [0.25, 0.3) is 0 Å². The first-order valence-corrected chi connectivity index (χ1v) is 7.47. The van der Waals surface area contributed by atoms with Crippen molar-refractivity contribution >= 4 is 5.69 Å². The molecular formula is C16H24N2. The lowest BCUT2D eigenvalue weighted by molar-refractivity contribution is 0.625. The van der Waals surface area contributed by atoms with Crippen LogP contribution in [0.15, 0.2) is 18.2 Å². The molecule has 2 heteroatoms. The molecule has 0 bridgehead atoms. The van der Waals surface area contributed by atoms with E-state index in [4.69, 9.17) is 5.73 Å². The fourth-order valence-electron chi connectivity index (χ4n) is 3.51. The number of anilines is 1. The summed E-state index contributed by atoms with van der Waals surface area (Å²) in [6, 6.07) is 7.88. The van der Waals surface area contributed by atoms with E-state index in [0.29, 0.717) is 0 Å². The van der Waals surface area contributed by atoms with Crippen LogP contribution in [0, 0.1) is 0 Å². The topological polar surface area (TPSA) is 29.3 Å². The van der Waals surface area contributed by atoms with E-state index in [1.165, 1.54) is 49.9 Å². The maximum absolute atomic E-state index is 5.61. The zero-order valence-corrected chi connectivity index (χ0v) is 11.2. The molecule has 0 saturated heterocycles. The van der Waals surface area contributed by atoms with Crippen LogP contribution in [-0.2, 0) is 12.8 Å². The summed E-state index contributed by atoms with van der Waals surface area (Å²) in [7, 11) is 0. The van der Waals surface area contributed by atoms with Crippen molar-refractivity contribution in [3.63, 3.8) is 0 Å². The lowest BCUT2D eigenvalue weighted by atomic mass is 10.0. The van der Waals surface area contributed by atoms with E-state index in [-0.39, 0.29) is 0 Å². The molecule has 0 spiro atoms. The highest BCUT2D eigenvalue weighted by molar-refractivity contribution is 5.60. The van der Waals surface area contributed by atoms with Gasteiger partial charge in [-0.15, -0.1) is 0 Å². The van der Waals surface area contributed by atoms with Gasteiger partial charge in [-0.25, -0.2) is 0 Å². The molecular weight excluding hydrogens is 220 g/mol. The number of hydrogen-bond acceptors (Lipinski definition) is 2. The molecule has 0 unspecified atom stereocenters. The predicted molar refractivity (Wildman–Crippen MR) is 77.1 cm³/mol. The summed E-state index contributed by atoms with van der Waals surface area (Å²) in [6.45, 7) is 2.03. The molecule has 2 nitrogen and oxygen atoms in total. The lowest BCUT2D eigenvalue weighted by Gasteiger charge is -2.27. The average molecular weight is 244 g/mol. The fraction of sp³-hybridized carbons (Fsp3) is 0.625. The van der Waals surface area contributed by atoms with Crippen molar-refractivity contribution in [2.45, 2.75) is 51.0 Å². The molecule has 2 aliphatic rings. The average Bonchev–Trinajstić information content (AvgIpc) is 3.04. The maximum atomic E-state index is 5.61. The molecule has 3 rings (SSSR count). The number of fused-ring (bicyclic) bond motifs is 1. The minimum atomic E-state index is 0.795. The molecule has 0 aromatic heterocycles. The van der Waals surface area contributed by atoms with Crippen LogP contribution in [0.25, 0.3) is 0 Å². The summed E-state index contributed by atoms with van der Waals surface area (Å²) in [5.74, 6) is 0. The van der Waals surface area contributed by atoms with E-state index in [0.717, 1.165) is 25.4 Å². The molecule has 0 amide bonds. The highest BCUT2D eigenvalue weighted by atomic mass is 15.2. The Bertz CT molecular complexity index is 408. The maximum Gasteiger partial charge on any atom is 0.0404 e. The minimum absolute atomic E-state index is 0.795. The number of nitrogens with two attached hydrogens (primary N) is 1. The van der Waals surface area contributed by atoms with E-state index in [1.807, 2.05) is 0 Å². The van der Waals surface area contributed by atoms with E-state index in [2.05, 4.69) is 23.1 Å². The van der Waals surface area contributed by atoms with Crippen LogP contribution >= 0.6 is 0 Å². The number of rotatable bonds is 4. The van der Waals surface area contributed by atoms with Crippen molar-refractivity contribution < 1.29 is 0 Å². The lowest BCUT2D eigenvalue weighted by Crippen LogP contribution is -2.31. The molecule has 0 atom stereocenters. The molecule has 98 valence electrons. The van der Waals surface area contributed by atoms with Crippen LogP contribution in [0.5, 0.6) is 0 Å². The van der Waals surface area contributed by atoms with Gasteiger partial charge in [0.1, 0.15) is 0 Å². The Morgan fingerprint density at radius 3 is 2.83 bits per heavy atom. The Morgan fingerprint density at radius 1 is 1.22 bits per heavy atom. The number of nitrogens with zero attached hydrogens (tertiary/aromatic N) is 1. The van der Waals surface area contributed by atoms with E-state index >= 15 is 0 Å². The van der Waals surface area contributed by atoms with Gasteiger partial charge in [-0.1, -0.05) is 25.0 Å². The molecule has 1 aliphatic heterocycles. The molecule has 1 aromatic rings. The SMILES string of the molecule is NCCCc1ccc2c(c1)N(C1CCCC1)CC2. The predicted octanol–water partition coefficient (Wildman–Crippen LogP) is 2.88. The Morgan fingerprint density at radius 2 is 2.06 bits per heavy atom. The summed E-state index contributed by atoms with van der Waals surface area (Å²) in [5, 5.41) is 0. The fourth-order valence-corrected chi connectivity index (χ4v) is 3.51. The molecule has 1 aliphatic carbocycles. The second kappa shape index (κ2) is 5.31. The van der Waals surface area contributed by atoms with Gasteiger partial charge in [-0.2, -0.15) is 0 Å². The zero-order chi connectivity index (χ0) is 12.4. The molecule has 0 radical (unpaired) electrons. The first kappa shape index (κ1) is 12.0. The largest absolute Gasteiger partial charge is 0.368 e. The van der Waals surface area contributed by atoms with Gasteiger partial charge in [0.15, 0.2) is 0 Å². The van der Waals surface area contributed by atoms with Gasteiger partial charge in [0.05, 0.1) is 0 Å². The zero-order valence-electron chi connectivity index (χ0n) is 11.2. The van der Waals surface area contributed by atoms with Crippen LogP contribution < -0.4 is 10.6 Å². The summed E-state index contributed by atoms with van der Waals surface area (Å²) in [5.41, 5.74) is 10.1. The van der Waals surface area contributed by atoms with Gasteiger partial charge in [-0.05, 0) is 55.8 Å². The van der Waals surface area contributed by atoms with Crippen molar-refractivity contribution in [3.05, 3.63) is 29.3 Å². The Labute approximate surface area is 110 Å². The Balaban J connectivity index is 1.79. The number of benzene rings is 1. The van der Waals surface area contributed by atoms with Crippen LogP contribution in [0.4, 0.5) is 5.69 Å². The number of hydrogen-bond donors (Lipinski definition) is 1. The minimum Gasteiger partial charge on any atom is -0.368 e. The van der Waals surface area contributed by atoms with Crippen molar-refractivity contribution in [1.82, 2.24) is 0 Å². The Kier molecular flexibility index (Phi) is 3.55. The molecule has 1 heterocycles. The Hall–Kier alpha value is -1.02. The first-order chi connectivity index (χ1) is 8.88. The van der Waals surface area contributed by atoms with Gasteiger partial charge in [-0.3, -0.25) is 0 Å². The highest BCUT2D eigenvalue weighted by Crippen LogP contribution is 2.35. The summed E-state index contributed by atoms with van der Waals surface area (Å²) >= 11 is 0. The van der Waals surface area contributed by atoms with E-state index in [9.17, 15) is 0 Å². The van der Waals surface area contributed by atoms with E-state index < -0.39 is 0 Å². The van der Waals surface area contributed by atoms with Crippen molar-refractivity contribution in [1.29, 1.82) is 0 Å². The normalized spacial score (nSPS) is 19.5. The van der Waals surface area contributed by atoms with Gasteiger partial charge in [0.2, 0.25) is 0 Å². The van der Waals surface area contributed by atoms with Crippen LogP contribution in [0.2, 0.25) is 0 Å². The van der Waals surface area contributed by atoms with Crippen molar-refractivity contribution in [3.8, 4) is 0 Å². The molecule has 2 N–H and O–H groups in total. The van der Waals surface area contributed by atoms with Gasteiger partial charge >= 0.3 is 0 Å². The van der Waals surface area contributed by atoms with Crippen LogP contribution in [-0.4, -0.2) is 19.1 Å². The van der Waals surface area contributed by atoms with Crippen molar-refractivity contribution in [2.24, 2.45) is 5.73 Å². The summed E-state index contributed by atoms with van der Waals surface area (Å²) < 4.78 is 0. The third-order valence-electron chi connectivity index (χ3n) is 4.52. The third-order valence-corrected chi connectivity index (χ3v) is 4.52. The smallest absolute Gasteiger partial charge is 0.0404 e. The second-order valence-corrected chi connectivity index (χ2v) is 5.74. The van der Waals surface area contributed by atoms with Crippen LogP contribution in [0.1, 0.15) is 43.2 Å². The van der Waals surface area contributed by atoms with Crippen LogP contribution in [0.3, 0.4) is 0 Å². The number of aryl methyl sites for hydroxylation is 1. The van der Waals surface area contributed by atoms with Gasteiger partial charge < -0.3 is 10.6 Å². The summed E-state index contributed by atoms with van der Waals surface area (Å²) in [4.78, 5) is 2.67. The molecule has 1 saturated carbocycles. The second-order valence-electron chi connectivity index (χ2n) is 5.74. The monoisotopic (exact) mass is 244 g/mol. The summed E-state index contributed by atoms with van der Waals surface area (Å²) in [6.07, 6.45) is 9.10. The highest BCUT2D eigenvalue weighted by Gasteiger charge is 2.28.